The molecular weight excluding hydrogens is 306 g/mol. The van der Waals surface area contributed by atoms with E-state index in [0.29, 0.717) is 17.8 Å². The summed E-state index contributed by atoms with van der Waals surface area (Å²) in [6, 6.07) is 12.3. The normalized spacial score (nSPS) is 10.3. The number of nitro groups is 1. The van der Waals surface area contributed by atoms with E-state index in [1.807, 2.05) is 31.2 Å². The van der Waals surface area contributed by atoms with E-state index in [4.69, 9.17) is 0 Å². The van der Waals surface area contributed by atoms with Gasteiger partial charge in [-0.25, -0.2) is 0 Å². The summed E-state index contributed by atoms with van der Waals surface area (Å²) in [5, 5.41) is 11.0. The van der Waals surface area contributed by atoms with Crippen molar-refractivity contribution < 1.29 is 9.72 Å². The zero-order valence-electron chi connectivity index (χ0n) is 14.3. The highest BCUT2D eigenvalue weighted by atomic mass is 16.6. The van der Waals surface area contributed by atoms with Crippen LogP contribution in [-0.4, -0.2) is 36.9 Å². The van der Waals surface area contributed by atoms with Gasteiger partial charge in [-0.15, -0.1) is 0 Å². The highest BCUT2D eigenvalue weighted by molar-refractivity contribution is 6.00. The molecule has 0 aliphatic heterocycles. The van der Waals surface area contributed by atoms with E-state index in [1.165, 1.54) is 12.1 Å². The number of carbonyl (C=O) groups excluding carboxylic acids is 1. The highest BCUT2D eigenvalue weighted by Gasteiger charge is 2.21. The lowest BCUT2D eigenvalue weighted by Gasteiger charge is -2.22. The molecule has 2 rings (SSSR count). The van der Waals surface area contributed by atoms with E-state index in [0.717, 1.165) is 11.1 Å². The Balaban J connectivity index is 2.31. The van der Waals surface area contributed by atoms with Gasteiger partial charge in [0.15, 0.2) is 0 Å². The fraction of sp³-hybridized carbons (Fsp3) is 0.278. The summed E-state index contributed by atoms with van der Waals surface area (Å²) in [4.78, 5) is 26.7. The van der Waals surface area contributed by atoms with Crippen molar-refractivity contribution in [3.8, 4) is 0 Å². The van der Waals surface area contributed by atoms with Gasteiger partial charge in [-0.05, 0) is 18.6 Å². The monoisotopic (exact) mass is 327 g/mol. The quantitative estimate of drug-likeness (QED) is 0.624. The minimum Gasteiger partial charge on any atom is -0.377 e. The second-order valence-corrected chi connectivity index (χ2v) is 6.00. The van der Waals surface area contributed by atoms with Crippen molar-refractivity contribution in [3.05, 3.63) is 69.3 Å². The standard InChI is InChI=1S/C18H21N3O3/c1-13-5-7-14(8-6-13)12-20(4)18(22)16-11-15(21(23)24)9-10-17(16)19(2)3/h5-11H,12H2,1-4H3. The number of rotatable bonds is 5. The lowest BCUT2D eigenvalue weighted by atomic mass is 10.1. The number of anilines is 1. The Hall–Kier alpha value is -2.89. The predicted molar refractivity (Wildman–Crippen MR) is 94.4 cm³/mol. The molecule has 24 heavy (non-hydrogen) atoms. The maximum Gasteiger partial charge on any atom is 0.270 e. The molecule has 2 aromatic rings. The van der Waals surface area contributed by atoms with Crippen LogP contribution in [0.15, 0.2) is 42.5 Å². The Kier molecular flexibility index (Phi) is 5.18. The van der Waals surface area contributed by atoms with Crippen molar-refractivity contribution in [1.29, 1.82) is 0 Å². The molecule has 0 aromatic heterocycles. The topological polar surface area (TPSA) is 66.7 Å². The number of benzene rings is 2. The first-order valence-electron chi connectivity index (χ1n) is 7.56. The number of aryl methyl sites for hydroxylation is 1. The fourth-order valence-corrected chi connectivity index (χ4v) is 2.44. The van der Waals surface area contributed by atoms with Crippen molar-refractivity contribution in [2.45, 2.75) is 13.5 Å². The van der Waals surface area contributed by atoms with Crippen LogP contribution in [0, 0.1) is 17.0 Å². The van der Waals surface area contributed by atoms with Gasteiger partial charge >= 0.3 is 0 Å². The average molecular weight is 327 g/mol. The van der Waals surface area contributed by atoms with E-state index in [1.54, 1.807) is 37.0 Å². The van der Waals surface area contributed by atoms with Crippen LogP contribution in [0.5, 0.6) is 0 Å². The molecule has 6 heteroatoms. The molecule has 0 spiro atoms. The Labute approximate surface area is 141 Å². The van der Waals surface area contributed by atoms with Gasteiger partial charge in [0, 0.05) is 45.5 Å². The molecule has 0 unspecified atom stereocenters. The maximum atomic E-state index is 12.8. The van der Waals surface area contributed by atoms with Crippen LogP contribution in [0.25, 0.3) is 0 Å². The van der Waals surface area contributed by atoms with Crippen LogP contribution in [0.3, 0.4) is 0 Å². The number of hydrogen-bond donors (Lipinski definition) is 0. The molecule has 0 heterocycles. The summed E-state index contributed by atoms with van der Waals surface area (Å²) < 4.78 is 0. The van der Waals surface area contributed by atoms with Gasteiger partial charge in [0.25, 0.3) is 11.6 Å². The van der Waals surface area contributed by atoms with Crippen LogP contribution in [0.4, 0.5) is 11.4 Å². The lowest BCUT2D eigenvalue weighted by Crippen LogP contribution is -2.28. The maximum absolute atomic E-state index is 12.8. The first-order chi connectivity index (χ1) is 11.3. The van der Waals surface area contributed by atoms with Gasteiger partial charge < -0.3 is 9.80 Å². The van der Waals surface area contributed by atoms with Crippen molar-refractivity contribution in [1.82, 2.24) is 4.90 Å². The van der Waals surface area contributed by atoms with Crippen LogP contribution < -0.4 is 4.90 Å². The number of carbonyl (C=O) groups is 1. The molecule has 0 fully saturated rings. The number of non-ortho nitro benzene ring substituents is 1. The summed E-state index contributed by atoms with van der Waals surface area (Å²) in [5.74, 6) is -0.247. The van der Waals surface area contributed by atoms with Gasteiger partial charge in [0.1, 0.15) is 0 Å². The van der Waals surface area contributed by atoms with E-state index in [2.05, 4.69) is 0 Å². The predicted octanol–water partition coefficient (Wildman–Crippen LogP) is 3.24. The average Bonchev–Trinajstić information content (AvgIpc) is 2.55. The molecule has 0 saturated carbocycles. The molecule has 1 amide bonds. The lowest BCUT2D eigenvalue weighted by molar-refractivity contribution is -0.384. The molecule has 6 nitrogen and oxygen atoms in total. The largest absolute Gasteiger partial charge is 0.377 e. The van der Waals surface area contributed by atoms with Gasteiger partial charge in [0.05, 0.1) is 10.5 Å². The number of hydrogen-bond acceptors (Lipinski definition) is 4. The molecule has 2 aromatic carbocycles. The summed E-state index contributed by atoms with van der Waals surface area (Å²) in [6.45, 7) is 2.44. The zero-order valence-corrected chi connectivity index (χ0v) is 14.3. The molecule has 0 radical (unpaired) electrons. The molecule has 0 saturated heterocycles. The van der Waals surface area contributed by atoms with Crippen molar-refractivity contribution in [2.75, 3.05) is 26.0 Å². The number of amides is 1. The van der Waals surface area contributed by atoms with Gasteiger partial charge in [0.2, 0.25) is 0 Å². The Morgan fingerprint density at radius 1 is 1.08 bits per heavy atom. The minimum absolute atomic E-state index is 0.0901. The smallest absolute Gasteiger partial charge is 0.270 e. The Bertz CT molecular complexity index is 755. The van der Waals surface area contributed by atoms with Crippen molar-refractivity contribution in [3.63, 3.8) is 0 Å². The molecule has 0 aliphatic carbocycles. The molecule has 0 atom stereocenters. The first-order valence-corrected chi connectivity index (χ1v) is 7.56. The SMILES string of the molecule is Cc1ccc(CN(C)C(=O)c2cc([N+](=O)[O-])ccc2N(C)C)cc1. The van der Waals surface area contributed by atoms with Crippen LogP contribution in [-0.2, 0) is 6.54 Å². The van der Waals surface area contributed by atoms with Gasteiger partial charge in [-0.1, -0.05) is 29.8 Å². The molecule has 126 valence electrons. The second-order valence-electron chi connectivity index (χ2n) is 6.00. The summed E-state index contributed by atoms with van der Waals surface area (Å²) in [5.41, 5.74) is 3.05. The summed E-state index contributed by atoms with van der Waals surface area (Å²) in [7, 11) is 5.30. The van der Waals surface area contributed by atoms with Crippen molar-refractivity contribution >= 4 is 17.3 Å². The Morgan fingerprint density at radius 3 is 2.25 bits per heavy atom. The first kappa shape index (κ1) is 17.5. The fourth-order valence-electron chi connectivity index (χ4n) is 2.44. The van der Waals surface area contributed by atoms with E-state index in [9.17, 15) is 14.9 Å². The highest BCUT2D eigenvalue weighted by Crippen LogP contribution is 2.25. The molecule has 0 bridgehead atoms. The zero-order chi connectivity index (χ0) is 17.9. The van der Waals surface area contributed by atoms with Crippen LogP contribution >= 0.6 is 0 Å². The van der Waals surface area contributed by atoms with E-state index < -0.39 is 4.92 Å². The van der Waals surface area contributed by atoms with E-state index >= 15 is 0 Å². The van der Waals surface area contributed by atoms with Crippen LogP contribution in [0.2, 0.25) is 0 Å². The number of nitrogens with zero attached hydrogens (tertiary/aromatic N) is 3. The molecular formula is C18H21N3O3. The third-order valence-corrected chi connectivity index (χ3v) is 3.79. The summed E-state index contributed by atoms with van der Waals surface area (Å²) in [6.07, 6.45) is 0. The van der Waals surface area contributed by atoms with Gasteiger partial charge in [-0.2, -0.15) is 0 Å². The second kappa shape index (κ2) is 7.12. The molecule has 0 N–H and O–H groups in total. The van der Waals surface area contributed by atoms with Gasteiger partial charge in [-0.3, -0.25) is 14.9 Å². The number of nitro benzene ring substituents is 1. The third kappa shape index (κ3) is 3.90. The van der Waals surface area contributed by atoms with Crippen LogP contribution in [0.1, 0.15) is 21.5 Å². The third-order valence-electron chi connectivity index (χ3n) is 3.79. The summed E-state index contributed by atoms with van der Waals surface area (Å²) >= 11 is 0. The Morgan fingerprint density at radius 2 is 1.71 bits per heavy atom. The van der Waals surface area contributed by atoms with E-state index in [-0.39, 0.29) is 11.6 Å². The minimum atomic E-state index is -0.490. The molecule has 0 aliphatic rings. The van der Waals surface area contributed by atoms with Crippen molar-refractivity contribution in [2.24, 2.45) is 0 Å².